The molecule has 1 aliphatic rings. The fourth-order valence-corrected chi connectivity index (χ4v) is 3.17. The van der Waals surface area contributed by atoms with E-state index in [-0.39, 0.29) is 5.91 Å². The molecular formula is C16H16N2OS. The maximum absolute atomic E-state index is 12.2. The lowest BCUT2D eigenvalue weighted by Gasteiger charge is -2.14. The summed E-state index contributed by atoms with van der Waals surface area (Å²) in [6.45, 7) is 1.36. The number of carbonyl (C=O) groups is 1. The molecule has 2 heterocycles. The number of fused-ring (bicyclic) bond motifs is 1. The van der Waals surface area contributed by atoms with E-state index in [9.17, 15) is 4.79 Å². The van der Waals surface area contributed by atoms with Crippen molar-refractivity contribution in [3.8, 4) is 0 Å². The highest BCUT2D eigenvalue weighted by atomic mass is 32.2. The topological polar surface area (TPSA) is 33.2 Å². The van der Waals surface area contributed by atoms with Crippen LogP contribution in [-0.4, -0.2) is 21.5 Å². The van der Waals surface area contributed by atoms with Gasteiger partial charge in [0.25, 0.3) is 0 Å². The Morgan fingerprint density at radius 1 is 1.15 bits per heavy atom. The highest BCUT2D eigenvalue weighted by Crippen LogP contribution is 2.22. The largest absolute Gasteiger partial charge is 0.332 e. The molecule has 0 fully saturated rings. The Morgan fingerprint density at radius 3 is 2.80 bits per heavy atom. The highest BCUT2D eigenvalue weighted by molar-refractivity contribution is 7.99. The maximum atomic E-state index is 12.2. The number of nitrogens with zero attached hydrogens (tertiary/aromatic N) is 2. The minimum absolute atomic E-state index is 0.214. The van der Waals surface area contributed by atoms with Crippen LogP contribution < -0.4 is 0 Å². The van der Waals surface area contributed by atoms with E-state index in [2.05, 4.69) is 17.1 Å². The number of amides is 1. The fourth-order valence-electron chi connectivity index (χ4n) is 2.31. The van der Waals surface area contributed by atoms with Crippen LogP contribution in [0.1, 0.15) is 17.7 Å². The van der Waals surface area contributed by atoms with Gasteiger partial charge < -0.3 is 4.90 Å². The number of rotatable bonds is 4. The van der Waals surface area contributed by atoms with Gasteiger partial charge in [-0.3, -0.25) is 9.78 Å². The van der Waals surface area contributed by atoms with Crippen LogP contribution in [0.5, 0.6) is 0 Å². The van der Waals surface area contributed by atoms with Crippen molar-refractivity contribution in [1.82, 2.24) is 9.88 Å². The molecule has 0 saturated carbocycles. The van der Waals surface area contributed by atoms with Crippen LogP contribution in [0.15, 0.2) is 53.6 Å². The second-order valence-electron chi connectivity index (χ2n) is 4.77. The Morgan fingerprint density at radius 2 is 2.00 bits per heavy atom. The summed E-state index contributed by atoms with van der Waals surface area (Å²) in [5.41, 5.74) is 2.22. The van der Waals surface area contributed by atoms with E-state index >= 15 is 0 Å². The monoisotopic (exact) mass is 284 g/mol. The summed E-state index contributed by atoms with van der Waals surface area (Å²) >= 11 is 1.73. The fraction of sp³-hybridized carbons (Fsp3) is 0.250. The van der Waals surface area contributed by atoms with Gasteiger partial charge in [-0.15, -0.1) is 11.8 Å². The molecule has 0 saturated heterocycles. The zero-order chi connectivity index (χ0) is 13.8. The van der Waals surface area contributed by atoms with Crippen molar-refractivity contribution in [2.24, 2.45) is 0 Å². The summed E-state index contributed by atoms with van der Waals surface area (Å²) in [6.07, 6.45) is 2.37. The minimum Gasteiger partial charge on any atom is -0.332 e. The summed E-state index contributed by atoms with van der Waals surface area (Å²) in [7, 11) is 0. The van der Waals surface area contributed by atoms with Crippen molar-refractivity contribution >= 4 is 17.7 Å². The highest BCUT2D eigenvalue weighted by Gasteiger charge is 2.23. The molecule has 0 spiro atoms. The lowest BCUT2D eigenvalue weighted by Crippen LogP contribution is -2.25. The third kappa shape index (κ3) is 3.02. The Bertz CT molecular complexity index is 575. The molecule has 0 aliphatic carbocycles. The first kappa shape index (κ1) is 13.2. The average molecular weight is 284 g/mol. The van der Waals surface area contributed by atoms with Crippen molar-refractivity contribution in [3.63, 3.8) is 0 Å². The number of benzene rings is 1. The van der Waals surface area contributed by atoms with Gasteiger partial charge in [-0.1, -0.05) is 24.3 Å². The van der Waals surface area contributed by atoms with E-state index in [1.54, 1.807) is 18.0 Å². The van der Waals surface area contributed by atoms with Crippen molar-refractivity contribution in [2.75, 3.05) is 5.75 Å². The van der Waals surface area contributed by atoms with Crippen molar-refractivity contribution in [1.29, 1.82) is 0 Å². The molecule has 1 aromatic carbocycles. The van der Waals surface area contributed by atoms with E-state index in [1.165, 1.54) is 10.5 Å². The number of hydrogen-bond donors (Lipinski definition) is 0. The van der Waals surface area contributed by atoms with Crippen LogP contribution in [-0.2, 0) is 17.9 Å². The van der Waals surface area contributed by atoms with E-state index in [1.807, 2.05) is 35.2 Å². The molecule has 0 radical (unpaired) electrons. The van der Waals surface area contributed by atoms with Crippen molar-refractivity contribution in [3.05, 3.63) is 59.9 Å². The van der Waals surface area contributed by atoms with Gasteiger partial charge in [0.15, 0.2) is 0 Å². The van der Waals surface area contributed by atoms with Crippen LogP contribution in [0.25, 0.3) is 0 Å². The van der Waals surface area contributed by atoms with Gasteiger partial charge in [-0.05, 0) is 23.8 Å². The van der Waals surface area contributed by atoms with Crippen LogP contribution in [0.2, 0.25) is 0 Å². The molecule has 3 rings (SSSR count). The van der Waals surface area contributed by atoms with E-state index in [0.29, 0.717) is 19.5 Å². The van der Waals surface area contributed by atoms with Gasteiger partial charge in [0.05, 0.1) is 12.2 Å². The summed E-state index contributed by atoms with van der Waals surface area (Å²) in [6, 6.07) is 14.2. The third-order valence-corrected chi connectivity index (χ3v) is 4.38. The molecule has 1 aromatic heterocycles. The first-order chi connectivity index (χ1) is 9.83. The molecule has 0 N–H and O–H groups in total. The molecule has 1 aliphatic heterocycles. The zero-order valence-electron chi connectivity index (χ0n) is 11.2. The Kier molecular flexibility index (Phi) is 4.02. The standard InChI is InChI=1S/C16H16N2OS/c19-16(8-10-20-14-6-2-1-3-7-14)18-11-13-5-4-9-17-15(13)12-18/h1-7,9H,8,10-12H2. The predicted octanol–water partition coefficient (Wildman–Crippen LogP) is 3.11. The van der Waals surface area contributed by atoms with Crippen LogP contribution >= 0.6 is 11.8 Å². The molecule has 4 heteroatoms. The average Bonchev–Trinajstić information content (AvgIpc) is 2.92. The molecule has 1 amide bonds. The predicted molar refractivity (Wildman–Crippen MR) is 80.3 cm³/mol. The summed E-state index contributed by atoms with van der Waals surface area (Å²) < 4.78 is 0. The van der Waals surface area contributed by atoms with E-state index < -0.39 is 0 Å². The third-order valence-electron chi connectivity index (χ3n) is 3.37. The van der Waals surface area contributed by atoms with Crippen LogP contribution in [0.3, 0.4) is 0 Å². The molecule has 102 valence electrons. The van der Waals surface area contributed by atoms with E-state index in [4.69, 9.17) is 0 Å². The summed E-state index contributed by atoms with van der Waals surface area (Å²) in [5.74, 6) is 1.04. The molecule has 0 unspecified atom stereocenters. The molecule has 0 atom stereocenters. The lowest BCUT2D eigenvalue weighted by molar-refractivity contribution is -0.131. The number of aromatic nitrogens is 1. The SMILES string of the molecule is O=C(CCSc1ccccc1)N1Cc2cccnc2C1. The number of hydrogen-bond acceptors (Lipinski definition) is 3. The first-order valence-electron chi connectivity index (χ1n) is 6.71. The number of thioether (sulfide) groups is 1. The number of carbonyl (C=O) groups excluding carboxylic acids is 1. The van der Waals surface area contributed by atoms with Crippen LogP contribution in [0.4, 0.5) is 0 Å². The maximum Gasteiger partial charge on any atom is 0.224 e. The van der Waals surface area contributed by atoms with Gasteiger partial charge >= 0.3 is 0 Å². The molecule has 20 heavy (non-hydrogen) atoms. The zero-order valence-corrected chi connectivity index (χ0v) is 12.0. The summed E-state index contributed by atoms with van der Waals surface area (Å²) in [5, 5.41) is 0. The molecule has 0 bridgehead atoms. The second-order valence-corrected chi connectivity index (χ2v) is 5.94. The molecule has 2 aromatic rings. The number of pyridine rings is 1. The molecule has 3 nitrogen and oxygen atoms in total. The van der Waals surface area contributed by atoms with Gasteiger partial charge in [-0.2, -0.15) is 0 Å². The normalized spacial score (nSPS) is 13.3. The Balaban J connectivity index is 1.49. The van der Waals surface area contributed by atoms with Gasteiger partial charge in [0.1, 0.15) is 0 Å². The van der Waals surface area contributed by atoms with Gasteiger partial charge in [-0.25, -0.2) is 0 Å². The van der Waals surface area contributed by atoms with Crippen LogP contribution in [0, 0.1) is 0 Å². The summed E-state index contributed by atoms with van der Waals surface area (Å²) in [4.78, 5) is 19.6. The van der Waals surface area contributed by atoms with Gasteiger partial charge in [0, 0.05) is 29.8 Å². The van der Waals surface area contributed by atoms with E-state index in [0.717, 1.165) is 11.4 Å². The van der Waals surface area contributed by atoms with Gasteiger partial charge in [0.2, 0.25) is 5.91 Å². The van der Waals surface area contributed by atoms with Crippen molar-refractivity contribution < 1.29 is 4.79 Å². The Labute approximate surface area is 123 Å². The lowest BCUT2D eigenvalue weighted by atomic mass is 10.2. The smallest absolute Gasteiger partial charge is 0.224 e. The Hall–Kier alpha value is -1.81. The molecular weight excluding hydrogens is 268 g/mol. The minimum atomic E-state index is 0.214. The second kappa shape index (κ2) is 6.09. The van der Waals surface area contributed by atoms with Crippen molar-refractivity contribution in [2.45, 2.75) is 24.4 Å². The quantitative estimate of drug-likeness (QED) is 0.809. The first-order valence-corrected chi connectivity index (χ1v) is 7.70.